The molecule has 0 aromatic heterocycles. The molecule has 12 heteroatoms. The van der Waals surface area contributed by atoms with Gasteiger partial charge < -0.3 is 35.8 Å². The number of phenols is 1. The van der Waals surface area contributed by atoms with Crippen LogP contribution in [0.5, 0.6) is 11.5 Å². The van der Waals surface area contributed by atoms with Crippen molar-refractivity contribution in [3.8, 4) is 17.6 Å². The molecule has 4 amide bonds. The summed E-state index contributed by atoms with van der Waals surface area (Å²) in [7, 11) is 1.49. The molecule has 0 saturated heterocycles. The Balaban J connectivity index is 2.51. The minimum Gasteiger partial charge on any atom is -0.508 e. The van der Waals surface area contributed by atoms with Crippen molar-refractivity contribution in [3.63, 3.8) is 0 Å². The molecule has 0 heterocycles. The van der Waals surface area contributed by atoms with Gasteiger partial charge in [0.05, 0.1) is 19.6 Å². The Morgan fingerprint density at radius 2 is 1.74 bits per heavy atom. The number of carbonyl (C=O) groups excluding carboxylic acids is 4. The van der Waals surface area contributed by atoms with Gasteiger partial charge >= 0.3 is 6.09 Å². The number of amides is 4. The number of aromatic hydroxyl groups is 1. The number of ether oxygens (including phenoxy) is 2. The minimum atomic E-state index is -1.56. The second kappa shape index (κ2) is 13.0. The number of nitriles is 1. The highest BCUT2D eigenvalue weighted by Crippen LogP contribution is 2.31. The summed E-state index contributed by atoms with van der Waals surface area (Å²) in [5, 5.41) is 25.0. The van der Waals surface area contributed by atoms with E-state index in [1.807, 2.05) is 6.07 Å². The number of hydrogen-bond acceptors (Lipinski definition) is 8. The summed E-state index contributed by atoms with van der Waals surface area (Å²) in [6.07, 6.45) is -1.64. The van der Waals surface area contributed by atoms with Crippen molar-refractivity contribution in [3.05, 3.63) is 54.1 Å². The van der Waals surface area contributed by atoms with Crippen molar-refractivity contribution in [2.45, 2.75) is 44.9 Å². The number of primary amides is 1. The molecule has 202 valence electrons. The van der Waals surface area contributed by atoms with Crippen LogP contribution in [0.2, 0.25) is 0 Å². The zero-order valence-electron chi connectivity index (χ0n) is 21.6. The first-order valence-corrected chi connectivity index (χ1v) is 11.5. The van der Waals surface area contributed by atoms with E-state index in [9.17, 15) is 29.5 Å². The van der Waals surface area contributed by atoms with Gasteiger partial charge in [0.15, 0.2) is 0 Å². The van der Waals surface area contributed by atoms with Crippen molar-refractivity contribution >= 4 is 29.5 Å². The summed E-state index contributed by atoms with van der Waals surface area (Å²) in [5.74, 6) is -2.42. The molecule has 2 unspecified atom stereocenters. The normalized spacial score (nSPS) is 12.3. The van der Waals surface area contributed by atoms with E-state index in [0.717, 1.165) is 4.90 Å². The predicted octanol–water partition coefficient (Wildman–Crippen LogP) is 2.20. The minimum absolute atomic E-state index is 0.0113. The van der Waals surface area contributed by atoms with Gasteiger partial charge in [-0.2, -0.15) is 5.26 Å². The molecular formula is C26H31N5O7. The Hall–Kier alpha value is -4.79. The standard InChI is InChI=1S/C26H31N5O7/c1-26(2,3)38-25(36)30-19(15-21(28)33)24(35)31(14-13-27)22(18-7-5-6-8-20(18)32)23(34)29-16-9-11-17(37-4)12-10-16/h5-12,19,22,32H,14-15H2,1-4H3,(H2,28,33)(H,29,34)(H,30,36). The fourth-order valence-electron chi connectivity index (χ4n) is 3.48. The number of nitrogens with zero attached hydrogens (tertiary/aromatic N) is 2. The quantitative estimate of drug-likeness (QED) is 0.340. The molecule has 0 spiro atoms. The van der Waals surface area contributed by atoms with Gasteiger partial charge in [0.25, 0.3) is 5.91 Å². The lowest BCUT2D eigenvalue weighted by molar-refractivity contribution is -0.141. The Morgan fingerprint density at radius 3 is 2.26 bits per heavy atom. The Kier molecular flexibility index (Phi) is 10.0. The summed E-state index contributed by atoms with van der Waals surface area (Å²) >= 11 is 0. The van der Waals surface area contributed by atoms with Crippen LogP contribution in [0.1, 0.15) is 38.8 Å². The van der Waals surface area contributed by atoms with Gasteiger partial charge in [0.1, 0.15) is 35.7 Å². The SMILES string of the molecule is COc1ccc(NC(=O)C(c2ccccc2O)N(CC#N)C(=O)C(CC(N)=O)NC(=O)OC(C)(C)C)cc1. The highest BCUT2D eigenvalue weighted by Gasteiger charge is 2.38. The second-order valence-electron chi connectivity index (χ2n) is 9.17. The maximum atomic E-state index is 13.7. The third-order valence-corrected chi connectivity index (χ3v) is 5.07. The monoisotopic (exact) mass is 525 g/mol. The Bertz CT molecular complexity index is 1200. The Morgan fingerprint density at radius 1 is 1.11 bits per heavy atom. The van der Waals surface area contributed by atoms with Gasteiger partial charge in [-0.1, -0.05) is 18.2 Å². The van der Waals surface area contributed by atoms with Gasteiger partial charge in [0.2, 0.25) is 11.8 Å². The van der Waals surface area contributed by atoms with Gasteiger partial charge in [0, 0.05) is 11.3 Å². The molecule has 2 atom stereocenters. The fraction of sp³-hybridized carbons (Fsp3) is 0.346. The lowest BCUT2D eigenvalue weighted by Crippen LogP contribution is -2.53. The topological polar surface area (TPSA) is 184 Å². The van der Waals surface area contributed by atoms with Crippen LogP contribution in [0.4, 0.5) is 10.5 Å². The van der Waals surface area contributed by atoms with Gasteiger partial charge in [-0.3, -0.25) is 14.4 Å². The third kappa shape index (κ3) is 8.41. The number of methoxy groups -OCH3 is 1. The maximum Gasteiger partial charge on any atom is 0.408 e. The molecule has 2 aromatic carbocycles. The van der Waals surface area contributed by atoms with E-state index < -0.39 is 54.5 Å². The number of rotatable bonds is 10. The highest BCUT2D eigenvalue weighted by molar-refractivity contribution is 6.00. The molecule has 38 heavy (non-hydrogen) atoms. The zero-order valence-corrected chi connectivity index (χ0v) is 21.6. The van der Waals surface area contributed by atoms with Gasteiger partial charge in [-0.05, 0) is 51.1 Å². The van der Waals surface area contributed by atoms with Crippen molar-refractivity contribution in [2.75, 3.05) is 19.0 Å². The van der Waals surface area contributed by atoms with E-state index in [0.29, 0.717) is 11.4 Å². The molecule has 12 nitrogen and oxygen atoms in total. The molecule has 0 fully saturated rings. The van der Waals surface area contributed by atoms with Crippen LogP contribution >= 0.6 is 0 Å². The number of nitrogens with two attached hydrogens (primary N) is 1. The Labute approximate surface area is 220 Å². The van der Waals surface area contributed by atoms with Crippen molar-refractivity contribution in [1.29, 1.82) is 5.26 Å². The first kappa shape index (κ1) is 29.4. The maximum absolute atomic E-state index is 13.7. The van der Waals surface area contributed by atoms with Crippen LogP contribution in [-0.2, 0) is 19.1 Å². The van der Waals surface area contributed by atoms with Crippen molar-refractivity contribution in [1.82, 2.24) is 10.2 Å². The largest absolute Gasteiger partial charge is 0.508 e. The first-order chi connectivity index (χ1) is 17.9. The lowest BCUT2D eigenvalue weighted by Gasteiger charge is -2.32. The number of alkyl carbamates (subject to hydrolysis) is 1. The molecule has 0 aliphatic rings. The van der Waals surface area contributed by atoms with Crippen LogP contribution in [0.25, 0.3) is 0 Å². The summed E-state index contributed by atoms with van der Waals surface area (Å²) in [6.45, 7) is 4.20. The van der Waals surface area contributed by atoms with Crippen LogP contribution in [0.3, 0.4) is 0 Å². The number of hydrogen-bond donors (Lipinski definition) is 4. The average Bonchev–Trinajstić information content (AvgIpc) is 2.83. The number of phenolic OH excluding ortho intramolecular Hbond substituents is 1. The number of benzene rings is 2. The van der Waals surface area contributed by atoms with Crippen molar-refractivity contribution in [2.24, 2.45) is 5.73 Å². The molecule has 0 bridgehead atoms. The summed E-state index contributed by atoms with van der Waals surface area (Å²) in [6, 6.07) is 10.9. The molecule has 2 rings (SSSR count). The van der Waals surface area contributed by atoms with Crippen LogP contribution in [-0.4, -0.2) is 59.1 Å². The van der Waals surface area contributed by atoms with E-state index in [1.54, 1.807) is 45.0 Å². The van der Waals surface area contributed by atoms with E-state index in [1.165, 1.54) is 31.4 Å². The first-order valence-electron chi connectivity index (χ1n) is 11.5. The molecule has 0 radical (unpaired) electrons. The van der Waals surface area contributed by atoms with Crippen LogP contribution in [0, 0.1) is 11.3 Å². The summed E-state index contributed by atoms with van der Waals surface area (Å²) in [5.41, 5.74) is 4.76. The molecule has 2 aromatic rings. The van der Waals surface area contributed by atoms with Gasteiger partial charge in [-0.25, -0.2) is 4.79 Å². The van der Waals surface area contributed by atoms with E-state index in [-0.39, 0.29) is 11.3 Å². The smallest absolute Gasteiger partial charge is 0.408 e. The lowest BCUT2D eigenvalue weighted by atomic mass is 10.0. The highest BCUT2D eigenvalue weighted by atomic mass is 16.6. The number of anilines is 1. The van der Waals surface area contributed by atoms with Crippen LogP contribution in [0.15, 0.2) is 48.5 Å². The van der Waals surface area contributed by atoms with Crippen molar-refractivity contribution < 1.29 is 33.8 Å². The molecule has 0 aliphatic carbocycles. The van der Waals surface area contributed by atoms with E-state index in [2.05, 4.69) is 10.6 Å². The van der Waals surface area contributed by atoms with E-state index >= 15 is 0 Å². The molecule has 0 aliphatic heterocycles. The number of carbonyl (C=O) groups is 4. The summed E-state index contributed by atoms with van der Waals surface area (Å²) in [4.78, 5) is 52.2. The summed E-state index contributed by atoms with van der Waals surface area (Å²) < 4.78 is 10.3. The van der Waals surface area contributed by atoms with Crippen LogP contribution < -0.4 is 21.1 Å². The fourth-order valence-corrected chi connectivity index (χ4v) is 3.48. The average molecular weight is 526 g/mol. The molecule has 5 N–H and O–H groups in total. The van der Waals surface area contributed by atoms with Gasteiger partial charge in [-0.15, -0.1) is 0 Å². The van der Waals surface area contributed by atoms with E-state index in [4.69, 9.17) is 15.2 Å². The number of para-hydroxylation sites is 1. The number of nitrogens with one attached hydrogen (secondary N) is 2. The zero-order chi connectivity index (χ0) is 28.5. The molecule has 0 saturated carbocycles. The second-order valence-corrected chi connectivity index (χ2v) is 9.17. The molecular weight excluding hydrogens is 494 g/mol. The third-order valence-electron chi connectivity index (χ3n) is 5.07. The predicted molar refractivity (Wildman–Crippen MR) is 137 cm³/mol.